The monoisotopic (exact) mass is 234 g/mol. The van der Waals surface area contributed by atoms with E-state index in [0.717, 1.165) is 0 Å². The highest BCUT2D eigenvalue weighted by Crippen LogP contribution is 2.12. The number of carbonyl (C=O) groups excluding carboxylic acids is 2. The van der Waals surface area contributed by atoms with E-state index in [1.807, 2.05) is 0 Å². The van der Waals surface area contributed by atoms with E-state index < -0.39 is 11.9 Å². The van der Waals surface area contributed by atoms with E-state index in [4.69, 9.17) is 9.84 Å². The predicted octanol–water partition coefficient (Wildman–Crippen LogP) is 1.44. The summed E-state index contributed by atoms with van der Waals surface area (Å²) in [7, 11) is 0. The minimum absolute atomic E-state index is 0.237. The normalized spacial score (nSPS) is 9.41. The number of hydrogen-bond donors (Lipinski definition) is 1. The number of aldehydes is 1. The maximum atomic E-state index is 11.3. The Morgan fingerprint density at radius 1 is 1.29 bits per heavy atom. The largest absolute Gasteiger partial charge is 0.478 e. The van der Waals surface area contributed by atoms with E-state index in [9.17, 15) is 14.4 Å². The number of aliphatic carboxylic acids is 1. The number of esters is 1. The molecule has 0 heterocycles. The molecule has 0 aliphatic rings. The SMILES string of the molecule is C=C(CC(=O)Oc1ccc(C=O)cc1)C(=O)O. The Bertz CT molecular complexity index is 458. The van der Waals surface area contributed by atoms with E-state index in [-0.39, 0.29) is 17.7 Å². The van der Waals surface area contributed by atoms with Gasteiger partial charge in [-0.15, -0.1) is 0 Å². The van der Waals surface area contributed by atoms with Crippen molar-refractivity contribution >= 4 is 18.2 Å². The molecule has 0 aliphatic carbocycles. The molecule has 0 amide bonds. The van der Waals surface area contributed by atoms with Crippen LogP contribution in [0.3, 0.4) is 0 Å². The van der Waals surface area contributed by atoms with Crippen molar-refractivity contribution in [2.24, 2.45) is 0 Å². The van der Waals surface area contributed by atoms with Crippen LogP contribution in [-0.2, 0) is 9.59 Å². The molecular formula is C12H10O5. The first-order valence-electron chi connectivity index (χ1n) is 4.70. The number of benzene rings is 1. The topological polar surface area (TPSA) is 80.7 Å². The van der Waals surface area contributed by atoms with Gasteiger partial charge in [0.15, 0.2) is 0 Å². The number of ether oxygens (including phenoxy) is 1. The number of carbonyl (C=O) groups is 3. The fourth-order valence-corrected chi connectivity index (χ4v) is 1.03. The van der Waals surface area contributed by atoms with Crippen LogP contribution >= 0.6 is 0 Å². The van der Waals surface area contributed by atoms with Gasteiger partial charge in [-0.2, -0.15) is 0 Å². The molecule has 0 radical (unpaired) electrons. The van der Waals surface area contributed by atoms with Gasteiger partial charge in [-0.25, -0.2) is 4.79 Å². The van der Waals surface area contributed by atoms with Crippen LogP contribution in [0, 0.1) is 0 Å². The van der Waals surface area contributed by atoms with Gasteiger partial charge >= 0.3 is 11.9 Å². The van der Waals surface area contributed by atoms with E-state index in [0.29, 0.717) is 11.8 Å². The zero-order valence-electron chi connectivity index (χ0n) is 8.88. The van der Waals surface area contributed by atoms with Gasteiger partial charge in [0.05, 0.1) is 6.42 Å². The molecule has 0 atom stereocenters. The van der Waals surface area contributed by atoms with Gasteiger partial charge in [0, 0.05) is 11.1 Å². The maximum Gasteiger partial charge on any atom is 0.331 e. The van der Waals surface area contributed by atoms with Crippen molar-refractivity contribution in [2.75, 3.05) is 0 Å². The fourth-order valence-electron chi connectivity index (χ4n) is 1.03. The van der Waals surface area contributed by atoms with Crippen LogP contribution < -0.4 is 4.74 Å². The summed E-state index contributed by atoms with van der Waals surface area (Å²) in [6, 6.07) is 5.87. The van der Waals surface area contributed by atoms with Gasteiger partial charge < -0.3 is 9.84 Å². The lowest BCUT2D eigenvalue weighted by atomic mass is 10.2. The first kappa shape index (κ1) is 12.6. The number of hydrogen-bond acceptors (Lipinski definition) is 4. The Kier molecular flexibility index (Phi) is 4.16. The molecule has 0 spiro atoms. The zero-order chi connectivity index (χ0) is 12.8. The van der Waals surface area contributed by atoms with Crippen molar-refractivity contribution in [3.05, 3.63) is 42.0 Å². The van der Waals surface area contributed by atoms with Crippen LogP contribution in [0.2, 0.25) is 0 Å². The summed E-state index contributed by atoms with van der Waals surface area (Å²) in [6.45, 7) is 3.22. The summed E-state index contributed by atoms with van der Waals surface area (Å²) >= 11 is 0. The summed E-state index contributed by atoms with van der Waals surface area (Å²) in [5.74, 6) is -1.70. The van der Waals surface area contributed by atoms with Gasteiger partial charge in [-0.3, -0.25) is 9.59 Å². The minimum Gasteiger partial charge on any atom is -0.478 e. The van der Waals surface area contributed by atoms with Crippen LogP contribution in [0.5, 0.6) is 5.75 Å². The molecule has 17 heavy (non-hydrogen) atoms. The van der Waals surface area contributed by atoms with Crippen LogP contribution in [0.4, 0.5) is 0 Å². The molecule has 1 N–H and O–H groups in total. The molecule has 0 aromatic heterocycles. The smallest absolute Gasteiger partial charge is 0.331 e. The predicted molar refractivity (Wildman–Crippen MR) is 58.9 cm³/mol. The Balaban J connectivity index is 2.59. The van der Waals surface area contributed by atoms with Crippen LogP contribution in [0.25, 0.3) is 0 Å². The Labute approximate surface area is 97.3 Å². The Morgan fingerprint density at radius 3 is 2.35 bits per heavy atom. The summed E-state index contributed by atoms with van der Waals surface area (Å²) in [5, 5.41) is 8.52. The lowest BCUT2D eigenvalue weighted by molar-refractivity contribution is -0.138. The number of carboxylic acids is 1. The molecular weight excluding hydrogens is 224 g/mol. The Hall–Kier alpha value is -2.43. The molecule has 5 nitrogen and oxygen atoms in total. The first-order valence-corrected chi connectivity index (χ1v) is 4.70. The summed E-state index contributed by atoms with van der Waals surface area (Å²) < 4.78 is 4.86. The molecule has 1 aromatic carbocycles. The van der Waals surface area contributed by atoms with Crippen molar-refractivity contribution in [1.29, 1.82) is 0 Å². The third kappa shape index (κ3) is 3.90. The highest BCUT2D eigenvalue weighted by atomic mass is 16.5. The summed E-state index contributed by atoms with van der Waals surface area (Å²) in [6.07, 6.45) is 0.280. The third-order valence-electron chi connectivity index (χ3n) is 1.91. The molecule has 0 bridgehead atoms. The summed E-state index contributed by atoms with van der Waals surface area (Å²) in [5.41, 5.74) is 0.222. The minimum atomic E-state index is -1.24. The standard InChI is InChI=1S/C12H10O5/c1-8(12(15)16)6-11(14)17-10-4-2-9(7-13)3-5-10/h2-5,7H,1,6H2,(H,15,16). The van der Waals surface area contributed by atoms with E-state index in [1.165, 1.54) is 24.3 Å². The third-order valence-corrected chi connectivity index (χ3v) is 1.91. The lowest BCUT2D eigenvalue weighted by Crippen LogP contribution is -2.12. The van der Waals surface area contributed by atoms with E-state index in [1.54, 1.807) is 0 Å². The first-order chi connectivity index (χ1) is 8.02. The fraction of sp³-hybridized carbons (Fsp3) is 0.0833. The number of carboxylic acid groups (broad SMARTS) is 1. The van der Waals surface area contributed by atoms with E-state index >= 15 is 0 Å². The average molecular weight is 234 g/mol. The molecule has 1 aromatic rings. The van der Waals surface area contributed by atoms with Crippen molar-refractivity contribution in [1.82, 2.24) is 0 Å². The highest BCUT2D eigenvalue weighted by Gasteiger charge is 2.12. The molecule has 0 saturated heterocycles. The van der Waals surface area contributed by atoms with Gasteiger partial charge in [-0.05, 0) is 24.3 Å². The van der Waals surface area contributed by atoms with Gasteiger partial charge in [0.1, 0.15) is 12.0 Å². The second-order valence-corrected chi connectivity index (χ2v) is 3.25. The van der Waals surface area contributed by atoms with Crippen molar-refractivity contribution in [2.45, 2.75) is 6.42 Å². The zero-order valence-corrected chi connectivity index (χ0v) is 8.88. The second-order valence-electron chi connectivity index (χ2n) is 3.25. The molecule has 0 aliphatic heterocycles. The highest BCUT2D eigenvalue weighted by molar-refractivity contribution is 5.92. The van der Waals surface area contributed by atoms with Crippen molar-refractivity contribution in [3.8, 4) is 5.75 Å². The molecule has 0 fully saturated rings. The molecule has 1 rings (SSSR count). The van der Waals surface area contributed by atoms with Gasteiger partial charge in [0.25, 0.3) is 0 Å². The molecule has 0 unspecified atom stereocenters. The van der Waals surface area contributed by atoms with Gasteiger partial charge in [0.2, 0.25) is 0 Å². The van der Waals surface area contributed by atoms with Crippen LogP contribution in [0.15, 0.2) is 36.4 Å². The Morgan fingerprint density at radius 2 is 1.88 bits per heavy atom. The van der Waals surface area contributed by atoms with Gasteiger partial charge in [-0.1, -0.05) is 6.58 Å². The molecule has 0 saturated carbocycles. The number of rotatable bonds is 5. The quantitative estimate of drug-likeness (QED) is 0.361. The van der Waals surface area contributed by atoms with Crippen molar-refractivity contribution in [3.63, 3.8) is 0 Å². The molecule has 5 heteroatoms. The summed E-state index contributed by atoms with van der Waals surface area (Å²) in [4.78, 5) is 32.1. The van der Waals surface area contributed by atoms with E-state index in [2.05, 4.69) is 6.58 Å². The van der Waals surface area contributed by atoms with Crippen LogP contribution in [0.1, 0.15) is 16.8 Å². The van der Waals surface area contributed by atoms with Crippen molar-refractivity contribution < 1.29 is 24.2 Å². The lowest BCUT2D eigenvalue weighted by Gasteiger charge is -2.04. The molecule has 88 valence electrons. The average Bonchev–Trinajstić information content (AvgIpc) is 2.29. The maximum absolute atomic E-state index is 11.3. The van der Waals surface area contributed by atoms with Crippen LogP contribution in [-0.4, -0.2) is 23.3 Å². The second kappa shape index (κ2) is 5.60.